The SMILES string of the molecule is CCCC(=O)N(Cc1ccc(F)cc1)CC(C)C(=O)OC. The van der Waals surface area contributed by atoms with Gasteiger partial charge in [-0.3, -0.25) is 9.59 Å². The minimum absolute atomic E-state index is 0.0161. The van der Waals surface area contributed by atoms with Crippen molar-refractivity contribution in [1.82, 2.24) is 4.90 Å². The summed E-state index contributed by atoms with van der Waals surface area (Å²) in [4.78, 5) is 25.3. The van der Waals surface area contributed by atoms with Crippen molar-refractivity contribution < 1.29 is 18.7 Å². The summed E-state index contributed by atoms with van der Waals surface area (Å²) in [6, 6.07) is 6.01. The molecule has 5 heteroatoms. The lowest BCUT2D eigenvalue weighted by Gasteiger charge is -2.25. The largest absolute Gasteiger partial charge is 0.469 e. The summed E-state index contributed by atoms with van der Waals surface area (Å²) in [6.07, 6.45) is 1.17. The third kappa shape index (κ3) is 5.53. The van der Waals surface area contributed by atoms with E-state index in [9.17, 15) is 14.0 Å². The molecule has 0 N–H and O–H groups in total. The second-order valence-electron chi connectivity index (χ2n) is 5.07. The Bertz CT molecular complexity index is 473. The molecule has 116 valence electrons. The zero-order chi connectivity index (χ0) is 15.8. The highest BCUT2D eigenvalue weighted by Crippen LogP contribution is 2.12. The minimum Gasteiger partial charge on any atom is -0.469 e. The van der Waals surface area contributed by atoms with Gasteiger partial charge in [0.1, 0.15) is 5.82 Å². The monoisotopic (exact) mass is 295 g/mol. The van der Waals surface area contributed by atoms with Crippen molar-refractivity contribution in [2.45, 2.75) is 33.2 Å². The summed E-state index contributed by atoms with van der Waals surface area (Å²) in [6.45, 7) is 4.31. The Kier molecular flexibility index (Phi) is 6.85. The van der Waals surface area contributed by atoms with E-state index in [-0.39, 0.29) is 17.7 Å². The molecule has 0 aliphatic heterocycles. The highest BCUT2D eigenvalue weighted by Gasteiger charge is 2.21. The fourth-order valence-corrected chi connectivity index (χ4v) is 2.04. The number of benzene rings is 1. The standard InChI is InChI=1S/C16H22FNO3/c1-4-5-15(19)18(10-12(2)16(20)21-3)11-13-6-8-14(17)9-7-13/h6-9,12H,4-5,10-11H2,1-3H3. The Morgan fingerprint density at radius 3 is 2.43 bits per heavy atom. The number of esters is 1. The quantitative estimate of drug-likeness (QED) is 0.727. The van der Waals surface area contributed by atoms with Crippen LogP contribution in [-0.4, -0.2) is 30.4 Å². The number of nitrogens with zero attached hydrogens (tertiary/aromatic N) is 1. The van der Waals surface area contributed by atoms with Crippen LogP contribution in [0.2, 0.25) is 0 Å². The average Bonchev–Trinajstić information content (AvgIpc) is 2.48. The topological polar surface area (TPSA) is 46.6 Å². The first-order valence-electron chi connectivity index (χ1n) is 7.08. The lowest BCUT2D eigenvalue weighted by atomic mass is 10.1. The van der Waals surface area contributed by atoms with Crippen LogP contribution in [0.4, 0.5) is 4.39 Å². The van der Waals surface area contributed by atoms with E-state index < -0.39 is 5.92 Å². The van der Waals surface area contributed by atoms with E-state index in [2.05, 4.69) is 0 Å². The molecule has 0 aromatic heterocycles. The van der Waals surface area contributed by atoms with Crippen molar-refractivity contribution in [3.8, 4) is 0 Å². The third-order valence-electron chi connectivity index (χ3n) is 3.20. The van der Waals surface area contributed by atoms with E-state index >= 15 is 0 Å². The van der Waals surface area contributed by atoms with E-state index in [1.54, 1.807) is 24.0 Å². The predicted molar refractivity (Wildman–Crippen MR) is 77.9 cm³/mol. The van der Waals surface area contributed by atoms with Crippen molar-refractivity contribution in [2.24, 2.45) is 5.92 Å². The molecule has 21 heavy (non-hydrogen) atoms. The van der Waals surface area contributed by atoms with Crippen LogP contribution < -0.4 is 0 Å². The van der Waals surface area contributed by atoms with E-state index in [1.807, 2.05) is 6.92 Å². The number of rotatable bonds is 7. The fourth-order valence-electron chi connectivity index (χ4n) is 2.04. The van der Waals surface area contributed by atoms with Gasteiger partial charge in [-0.05, 0) is 24.1 Å². The molecular weight excluding hydrogens is 273 g/mol. The molecule has 0 saturated carbocycles. The lowest BCUT2D eigenvalue weighted by molar-refractivity contribution is -0.146. The first-order valence-corrected chi connectivity index (χ1v) is 7.08. The fraction of sp³-hybridized carbons (Fsp3) is 0.500. The van der Waals surface area contributed by atoms with Crippen molar-refractivity contribution in [1.29, 1.82) is 0 Å². The summed E-state index contributed by atoms with van der Waals surface area (Å²) in [7, 11) is 1.33. The number of carbonyl (C=O) groups is 2. The van der Waals surface area contributed by atoms with E-state index in [0.717, 1.165) is 12.0 Å². The van der Waals surface area contributed by atoms with Crippen LogP contribution in [-0.2, 0) is 20.9 Å². The molecule has 1 aromatic carbocycles. The van der Waals surface area contributed by atoms with E-state index in [4.69, 9.17) is 4.74 Å². The van der Waals surface area contributed by atoms with Gasteiger partial charge in [0.05, 0.1) is 13.0 Å². The van der Waals surface area contributed by atoms with Crippen molar-refractivity contribution in [3.63, 3.8) is 0 Å². The Balaban J connectivity index is 2.79. The van der Waals surface area contributed by atoms with Gasteiger partial charge in [-0.25, -0.2) is 4.39 Å². The average molecular weight is 295 g/mol. The number of methoxy groups -OCH3 is 1. The number of hydrogen-bond acceptors (Lipinski definition) is 3. The first-order chi connectivity index (χ1) is 9.97. The maximum Gasteiger partial charge on any atom is 0.310 e. The number of amides is 1. The minimum atomic E-state index is -0.392. The van der Waals surface area contributed by atoms with Crippen LogP contribution in [0.3, 0.4) is 0 Å². The van der Waals surface area contributed by atoms with Crippen LogP contribution in [0.25, 0.3) is 0 Å². The Morgan fingerprint density at radius 1 is 1.29 bits per heavy atom. The molecule has 1 unspecified atom stereocenters. The van der Waals surface area contributed by atoms with Gasteiger partial charge in [0.2, 0.25) is 5.91 Å². The molecule has 1 rings (SSSR count). The first kappa shape index (κ1) is 17.1. The number of ether oxygens (including phenoxy) is 1. The Morgan fingerprint density at radius 2 is 1.90 bits per heavy atom. The molecule has 4 nitrogen and oxygen atoms in total. The zero-order valence-electron chi connectivity index (χ0n) is 12.8. The van der Waals surface area contributed by atoms with Crippen molar-refractivity contribution in [2.75, 3.05) is 13.7 Å². The third-order valence-corrected chi connectivity index (χ3v) is 3.20. The van der Waals surface area contributed by atoms with Gasteiger partial charge in [0, 0.05) is 19.5 Å². The molecule has 0 aliphatic rings. The number of hydrogen-bond donors (Lipinski definition) is 0. The van der Waals surface area contributed by atoms with Crippen LogP contribution in [0.15, 0.2) is 24.3 Å². The van der Waals surface area contributed by atoms with Crippen LogP contribution in [0.1, 0.15) is 32.3 Å². The van der Waals surface area contributed by atoms with Gasteiger partial charge in [-0.1, -0.05) is 26.0 Å². The maximum absolute atomic E-state index is 12.9. The van der Waals surface area contributed by atoms with E-state index in [0.29, 0.717) is 19.5 Å². The lowest BCUT2D eigenvalue weighted by Crippen LogP contribution is -2.36. The van der Waals surface area contributed by atoms with Crippen LogP contribution in [0, 0.1) is 11.7 Å². The molecule has 1 aromatic rings. The van der Waals surface area contributed by atoms with E-state index in [1.165, 1.54) is 19.2 Å². The molecular formula is C16H22FNO3. The summed E-state index contributed by atoms with van der Waals surface area (Å²) in [5.41, 5.74) is 0.831. The molecule has 0 saturated heterocycles. The summed E-state index contributed by atoms with van der Waals surface area (Å²) < 4.78 is 17.6. The maximum atomic E-state index is 12.9. The second-order valence-corrected chi connectivity index (χ2v) is 5.07. The van der Waals surface area contributed by atoms with Gasteiger partial charge >= 0.3 is 5.97 Å². The molecule has 0 bridgehead atoms. The van der Waals surface area contributed by atoms with Gasteiger partial charge in [0.25, 0.3) is 0 Å². The summed E-state index contributed by atoms with van der Waals surface area (Å²) in [5, 5.41) is 0. The van der Waals surface area contributed by atoms with Gasteiger partial charge in [-0.2, -0.15) is 0 Å². The Labute approximate surface area is 124 Å². The van der Waals surface area contributed by atoms with Crippen LogP contribution >= 0.6 is 0 Å². The molecule has 0 heterocycles. The highest BCUT2D eigenvalue weighted by atomic mass is 19.1. The summed E-state index contributed by atoms with van der Waals surface area (Å²) in [5.74, 6) is -1.06. The zero-order valence-corrected chi connectivity index (χ0v) is 12.8. The summed E-state index contributed by atoms with van der Waals surface area (Å²) >= 11 is 0. The molecule has 1 atom stereocenters. The molecule has 0 fully saturated rings. The second kappa shape index (κ2) is 8.39. The molecule has 0 spiro atoms. The normalized spacial score (nSPS) is 11.8. The van der Waals surface area contributed by atoms with Crippen molar-refractivity contribution in [3.05, 3.63) is 35.6 Å². The van der Waals surface area contributed by atoms with Gasteiger partial charge in [0.15, 0.2) is 0 Å². The Hall–Kier alpha value is -1.91. The van der Waals surface area contributed by atoms with Crippen molar-refractivity contribution >= 4 is 11.9 Å². The number of carbonyl (C=O) groups excluding carboxylic acids is 2. The van der Waals surface area contributed by atoms with Crippen LogP contribution in [0.5, 0.6) is 0 Å². The number of halogens is 1. The molecule has 0 radical (unpaired) electrons. The van der Waals surface area contributed by atoms with Gasteiger partial charge in [-0.15, -0.1) is 0 Å². The highest BCUT2D eigenvalue weighted by molar-refractivity contribution is 5.77. The smallest absolute Gasteiger partial charge is 0.310 e. The molecule has 0 aliphatic carbocycles. The van der Waals surface area contributed by atoms with Gasteiger partial charge < -0.3 is 9.64 Å². The molecule has 1 amide bonds. The predicted octanol–water partition coefficient (Wildman–Crippen LogP) is 2.76.